The van der Waals surface area contributed by atoms with Crippen molar-refractivity contribution < 1.29 is 13.5 Å². The van der Waals surface area contributed by atoms with Crippen LogP contribution in [0.3, 0.4) is 0 Å². The molecule has 1 saturated heterocycles. The molecular weight excluding hydrogens is 204 g/mol. The molecule has 0 spiro atoms. The van der Waals surface area contributed by atoms with Gasteiger partial charge in [-0.15, -0.1) is 0 Å². The molecule has 1 aliphatic heterocycles. The van der Waals surface area contributed by atoms with Crippen LogP contribution in [-0.4, -0.2) is 26.6 Å². The molecule has 1 heterocycles. The fraction of sp³-hybridized carbons (Fsp3) is 0.625. The molecule has 0 bridgehead atoms. The minimum atomic E-state index is -2.10. The summed E-state index contributed by atoms with van der Waals surface area (Å²) < 4.78 is 24.9. The number of hydrogen-bond donors (Lipinski definition) is 2. The molecule has 0 aliphatic carbocycles. The SMILES string of the molecule is NC=CC(=NC1CCCCO1)S(=O)O. The number of nitrogens with two attached hydrogens (primary N) is 1. The molecule has 0 aromatic heterocycles. The van der Waals surface area contributed by atoms with Crippen molar-refractivity contribution in [2.75, 3.05) is 6.61 Å². The first kappa shape index (κ1) is 11.4. The van der Waals surface area contributed by atoms with Gasteiger partial charge in [-0.05, 0) is 31.5 Å². The molecule has 0 aromatic rings. The van der Waals surface area contributed by atoms with Crippen LogP contribution in [0.15, 0.2) is 17.3 Å². The normalized spacial score (nSPS) is 26.6. The second kappa shape index (κ2) is 5.90. The predicted molar refractivity (Wildman–Crippen MR) is 55.1 cm³/mol. The van der Waals surface area contributed by atoms with Crippen LogP contribution in [0.5, 0.6) is 0 Å². The van der Waals surface area contributed by atoms with E-state index < -0.39 is 11.1 Å². The summed E-state index contributed by atoms with van der Waals surface area (Å²) >= 11 is -2.10. The summed E-state index contributed by atoms with van der Waals surface area (Å²) in [6.45, 7) is 0.659. The summed E-state index contributed by atoms with van der Waals surface area (Å²) in [6.07, 6.45) is 5.05. The summed E-state index contributed by atoms with van der Waals surface area (Å²) in [4.78, 5) is 4.00. The van der Waals surface area contributed by atoms with Gasteiger partial charge < -0.3 is 15.0 Å². The molecule has 2 unspecified atom stereocenters. The second-order valence-electron chi connectivity index (χ2n) is 2.90. The summed E-state index contributed by atoms with van der Waals surface area (Å²) in [5.74, 6) is 0. The zero-order valence-electron chi connectivity index (χ0n) is 7.76. The van der Waals surface area contributed by atoms with E-state index in [9.17, 15) is 4.21 Å². The Bertz CT molecular complexity index is 259. The van der Waals surface area contributed by atoms with E-state index in [1.54, 1.807) is 0 Å². The Morgan fingerprint density at radius 3 is 2.93 bits per heavy atom. The summed E-state index contributed by atoms with van der Waals surface area (Å²) in [5.41, 5.74) is 5.12. The lowest BCUT2D eigenvalue weighted by Crippen LogP contribution is -2.19. The van der Waals surface area contributed by atoms with Crippen molar-refractivity contribution >= 4 is 16.1 Å². The molecule has 0 radical (unpaired) electrons. The van der Waals surface area contributed by atoms with Gasteiger partial charge >= 0.3 is 0 Å². The van der Waals surface area contributed by atoms with Crippen LogP contribution in [0.4, 0.5) is 0 Å². The van der Waals surface area contributed by atoms with E-state index >= 15 is 0 Å². The van der Waals surface area contributed by atoms with Gasteiger partial charge in [0.1, 0.15) is 6.23 Å². The molecule has 0 amide bonds. The van der Waals surface area contributed by atoms with E-state index in [-0.39, 0.29) is 11.3 Å². The third-order valence-corrected chi connectivity index (χ3v) is 2.44. The molecular formula is C8H14N2O3S. The first-order chi connectivity index (χ1) is 6.74. The predicted octanol–water partition coefficient (Wildman–Crippen LogP) is 0.606. The lowest BCUT2D eigenvalue weighted by atomic mass is 10.2. The lowest BCUT2D eigenvalue weighted by Gasteiger charge is -2.18. The first-order valence-electron chi connectivity index (χ1n) is 4.42. The molecule has 1 fully saturated rings. The third kappa shape index (κ3) is 3.57. The first-order valence-corrected chi connectivity index (χ1v) is 5.53. The summed E-state index contributed by atoms with van der Waals surface area (Å²) in [5, 5.41) is 0.0550. The van der Waals surface area contributed by atoms with Crippen LogP contribution in [0, 0.1) is 0 Å². The van der Waals surface area contributed by atoms with Gasteiger partial charge in [0.25, 0.3) is 0 Å². The van der Waals surface area contributed by atoms with Gasteiger partial charge in [-0.3, -0.25) is 0 Å². The zero-order valence-corrected chi connectivity index (χ0v) is 8.57. The molecule has 80 valence electrons. The maximum Gasteiger partial charge on any atom is 0.205 e. The summed E-state index contributed by atoms with van der Waals surface area (Å²) in [6, 6.07) is 0. The van der Waals surface area contributed by atoms with Crippen molar-refractivity contribution in [1.29, 1.82) is 0 Å². The fourth-order valence-electron chi connectivity index (χ4n) is 1.20. The minimum Gasteiger partial charge on any atom is -0.405 e. The van der Waals surface area contributed by atoms with Crippen LogP contribution in [0.1, 0.15) is 19.3 Å². The minimum absolute atomic E-state index is 0.0550. The van der Waals surface area contributed by atoms with Crippen molar-refractivity contribution in [3.8, 4) is 0 Å². The van der Waals surface area contributed by atoms with Crippen molar-refractivity contribution in [3.05, 3.63) is 12.3 Å². The average molecular weight is 218 g/mol. The Hall–Kier alpha value is -0.720. The topological polar surface area (TPSA) is 84.9 Å². The van der Waals surface area contributed by atoms with E-state index in [0.29, 0.717) is 6.61 Å². The van der Waals surface area contributed by atoms with E-state index in [4.69, 9.17) is 15.0 Å². The van der Waals surface area contributed by atoms with Gasteiger partial charge in [-0.2, -0.15) is 0 Å². The smallest absolute Gasteiger partial charge is 0.205 e. The fourth-order valence-corrected chi connectivity index (χ4v) is 1.60. The zero-order chi connectivity index (χ0) is 10.4. The maximum atomic E-state index is 10.8. The van der Waals surface area contributed by atoms with Crippen molar-refractivity contribution in [2.45, 2.75) is 25.5 Å². The highest BCUT2D eigenvalue weighted by Crippen LogP contribution is 2.14. The van der Waals surface area contributed by atoms with E-state index in [2.05, 4.69) is 4.99 Å². The van der Waals surface area contributed by atoms with Gasteiger partial charge in [0, 0.05) is 6.61 Å². The number of hydrogen-bond acceptors (Lipinski definition) is 4. The van der Waals surface area contributed by atoms with Crippen LogP contribution in [0.25, 0.3) is 0 Å². The lowest BCUT2D eigenvalue weighted by molar-refractivity contribution is 0.0226. The molecule has 0 aromatic carbocycles. The van der Waals surface area contributed by atoms with Crippen molar-refractivity contribution in [3.63, 3.8) is 0 Å². The van der Waals surface area contributed by atoms with Gasteiger partial charge in [-0.25, -0.2) is 9.20 Å². The molecule has 6 heteroatoms. The van der Waals surface area contributed by atoms with E-state index in [0.717, 1.165) is 19.3 Å². The Morgan fingerprint density at radius 2 is 2.43 bits per heavy atom. The number of ether oxygens (including phenoxy) is 1. The standard InChI is InChI=1S/C8H14N2O3S/c9-5-4-8(14(11)12)10-7-3-1-2-6-13-7/h4-5,7H,1-3,6,9H2,(H,11,12). The largest absolute Gasteiger partial charge is 0.405 e. The molecule has 0 saturated carbocycles. The molecule has 1 aliphatic rings. The number of nitrogens with zero attached hydrogens (tertiary/aromatic N) is 1. The molecule has 5 nitrogen and oxygen atoms in total. The Balaban J connectivity index is 2.64. The van der Waals surface area contributed by atoms with Crippen molar-refractivity contribution in [2.24, 2.45) is 10.7 Å². The third-order valence-electron chi connectivity index (χ3n) is 1.84. The van der Waals surface area contributed by atoms with Gasteiger partial charge in [0.2, 0.25) is 11.1 Å². The van der Waals surface area contributed by atoms with Gasteiger partial charge in [-0.1, -0.05) is 0 Å². The van der Waals surface area contributed by atoms with E-state index in [1.807, 2.05) is 0 Å². The van der Waals surface area contributed by atoms with E-state index in [1.165, 1.54) is 12.3 Å². The highest BCUT2D eigenvalue weighted by atomic mass is 32.2. The molecule has 1 rings (SSSR count). The Morgan fingerprint density at radius 1 is 1.64 bits per heavy atom. The Kier molecular flexibility index (Phi) is 4.78. The molecule has 3 N–H and O–H groups in total. The second-order valence-corrected chi connectivity index (χ2v) is 3.81. The maximum absolute atomic E-state index is 10.8. The quantitative estimate of drug-likeness (QED) is 0.404. The van der Waals surface area contributed by atoms with Gasteiger partial charge in [0.15, 0.2) is 5.04 Å². The number of rotatable bonds is 2. The number of aliphatic imine (C=N–C) groups is 1. The highest BCUT2D eigenvalue weighted by Gasteiger charge is 2.14. The molecule has 2 atom stereocenters. The van der Waals surface area contributed by atoms with Crippen LogP contribution in [-0.2, 0) is 15.8 Å². The highest BCUT2D eigenvalue weighted by molar-refractivity contribution is 7.96. The van der Waals surface area contributed by atoms with Crippen LogP contribution in [0.2, 0.25) is 0 Å². The monoisotopic (exact) mass is 218 g/mol. The van der Waals surface area contributed by atoms with Crippen LogP contribution >= 0.6 is 0 Å². The summed E-state index contributed by atoms with van der Waals surface area (Å²) in [7, 11) is 0. The van der Waals surface area contributed by atoms with Gasteiger partial charge in [0.05, 0.1) is 0 Å². The molecule has 14 heavy (non-hydrogen) atoms. The Labute approximate surface area is 85.3 Å². The average Bonchev–Trinajstić information content (AvgIpc) is 2.18. The van der Waals surface area contributed by atoms with Crippen molar-refractivity contribution in [1.82, 2.24) is 0 Å². The van der Waals surface area contributed by atoms with Crippen LogP contribution < -0.4 is 5.73 Å².